The Morgan fingerprint density at radius 3 is 2.76 bits per heavy atom. The Morgan fingerprint density at radius 2 is 2.12 bits per heavy atom. The summed E-state index contributed by atoms with van der Waals surface area (Å²) >= 11 is 5.56. The zero-order chi connectivity index (χ0) is 12.4. The van der Waals surface area contributed by atoms with Crippen LogP contribution in [0.25, 0.3) is 0 Å². The fourth-order valence-electron chi connectivity index (χ4n) is 1.32. The lowest BCUT2D eigenvalue weighted by atomic mass is 10.3. The van der Waals surface area contributed by atoms with Crippen LogP contribution in [-0.4, -0.2) is 4.98 Å². The number of nitrogens with zero attached hydrogens (tertiary/aromatic N) is 1. The van der Waals surface area contributed by atoms with Crippen molar-refractivity contribution in [2.24, 2.45) is 0 Å². The van der Waals surface area contributed by atoms with Gasteiger partial charge >= 0.3 is 0 Å². The molecule has 1 aromatic carbocycles. The van der Waals surface area contributed by atoms with Gasteiger partial charge in [0.1, 0.15) is 11.6 Å². The van der Waals surface area contributed by atoms with Crippen molar-refractivity contribution in [2.45, 2.75) is 6.92 Å². The predicted molar refractivity (Wildman–Crippen MR) is 64.9 cm³/mol. The van der Waals surface area contributed by atoms with Crippen molar-refractivity contribution in [3.8, 4) is 11.6 Å². The number of hydrogen-bond donors (Lipinski definition) is 1. The summed E-state index contributed by atoms with van der Waals surface area (Å²) < 4.78 is 18.5. The van der Waals surface area contributed by atoms with Crippen LogP contribution in [0.2, 0.25) is 5.02 Å². The smallest absolute Gasteiger partial charge is 0.242 e. The van der Waals surface area contributed by atoms with E-state index in [2.05, 4.69) is 4.98 Å². The first-order valence-corrected chi connectivity index (χ1v) is 5.29. The van der Waals surface area contributed by atoms with Gasteiger partial charge in [0.2, 0.25) is 5.88 Å². The average molecular weight is 253 g/mol. The van der Waals surface area contributed by atoms with Crippen LogP contribution in [0.1, 0.15) is 5.56 Å². The minimum absolute atomic E-state index is 0.0437. The zero-order valence-electron chi connectivity index (χ0n) is 9.08. The molecule has 1 heterocycles. The first-order chi connectivity index (χ1) is 8.06. The Kier molecular flexibility index (Phi) is 3.15. The molecule has 0 radical (unpaired) electrons. The van der Waals surface area contributed by atoms with Crippen LogP contribution >= 0.6 is 11.6 Å². The Hall–Kier alpha value is -1.81. The van der Waals surface area contributed by atoms with Crippen molar-refractivity contribution in [3.05, 3.63) is 46.9 Å². The lowest BCUT2D eigenvalue weighted by molar-refractivity contribution is 0.460. The highest BCUT2D eigenvalue weighted by Gasteiger charge is 2.06. The molecular weight excluding hydrogens is 243 g/mol. The predicted octanol–water partition coefficient (Wildman–Crippen LogP) is 3.56. The van der Waals surface area contributed by atoms with Gasteiger partial charge in [0.15, 0.2) is 0 Å². The summed E-state index contributed by atoms with van der Waals surface area (Å²) in [4.78, 5) is 4.02. The van der Waals surface area contributed by atoms with Gasteiger partial charge in [-0.2, -0.15) is 0 Å². The Morgan fingerprint density at radius 1 is 1.35 bits per heavy atom. The number of nitrogens with two attached hydrogens (primary N) is 1. The van der Waals surface area contributed by atoms with Gasteiger partial charge < -0.3 is 10.5 Å². The summed E-state index contributed by atoms with van der Waals surface area (Å²) in [5.41, 5.74) is 7.06. The van der Waals surface area contributed by atoms with Gasteiger partial charge in [0.25, 0.3) is 0 Å². The van der Waals surface area contributed by atoms with E-state index < -0.39 is 5.82 Å². The standard InChI is InChI=1S/C12H10ClFN2O/c1-7-4-11(15)12(16-6-7)17-8-2-3-9(13)10(14)5-8/h2-6H,15H2,1H3. The number of pyridine rings is 1. The number of rotatable bonds is 2. The van der Waals surface area contributed by atoms with Crippen LogP contribution in [0.4, 0.5) is 10.1 Å². The Labute approximate surface area is 103 Å². The van der Waals surface area contributed by atoms with Crippen LogP contribution in [-0.2, 0) is 0 Å². The highest BCUT2D eigenvalue weighted by atomic mass is 35.5. The molecule has 3 nitrogen and oxygen atoms in total. The summed E-state index contributed by atoms with van der Waals surface area (Å²) in [5.74, 6) is 0.00197. The van der Waals surface area contributed by atoms with Crippen LogP contribution in [0.5, 0.6) is 11.6 Å². The van der Waals surface area contributed by atoms with E-state index in [-0.39, 0.29) is 10.9 Å². The molecule has 2 rings (SSSR count). The minimum Gasteiger partial charge on any atom is -0.437 e. The molecule has 5 heteroatoms. The molecule has 88 valence electrons. The number of benzene rings is 1. The first kappa shape index (κ1) is 11.7. The van der Waals surface area contributed by atoms with Crippen LogP contribution < -0.4 is 10.5 Å². The zero-order valence-corrected chi connectivity index (χ0v) is 9.83. The first-order valence-electron chi connectivity index (χ1n) is 4.91. The van der Waals surface area contributed by atoms with Gasteiger partial charge in [-0.15, -0.1) is 0 Å². The number of anilines is 1. The van der Waals surface area contributed by atoms with E-state index in [4.69, 9.17) is 22.1 Å². The molecule has 17 heavy (non-hydrogen) atoms. The molecule has 0 atom stereocenters. The molecule has 2 aromatic rings. The molecule has 0 aliphatic carbocycles. The molecule has 0 unspecified atom stereocenters. The molecule has 0 saturated heterocycles. The van der Waals surface area contributed by atoms with Crippen molar-refractivity contribution in [3.63, 3.8) is 0 Å². The largest absolute Gasteiger partial charge is 0.437 e. The molecule has 1 aromatic heterocycles. The second-order valence-corrected chi connectivity index (χ2v) is 3.99. The fraction of sp³-hybridized carbons (Fsp3) is 0.0833. The number of aromatic nitrogens is 1. The topological polar surface area (TPSA) is 48.1 Å². The summed E-state index contributed by atoms with van der Waals surface area (Å²) in [6, 6.07) is 5.88. The van der Waals surface area contributed by atoms with Crippen molar-refractivity contribution in [1.82, 2.24) is 4.98 Å². The van der Waals surface area contributed by atoms with Gasteiger partial charge in [-0.1, -0.05) is 11.6 Å². The Balaban J connectivity index is 2.28. The summed E-state index contributed by atoms with van der Waals surface area (Å²) in [6.45, 7) is 1.87. The molecule has 0 spiro atoms. The summed E-state index contributed by atoms with van der Waals surface area (Å²) in [7, 11) is 0. The van der Waals surface area contributed by atoms with Crippen LogP contribution in [0.15, 0.2) is 30.5 Å². The van der Waals surface area contributed by atoms with E-state index in [0.29, 0.717) is 11.4 Å². The number of nitrogen functional groups attached to an aromatic ring is 1. The van der Waals surface area contributed by atoms with Crippen molar-refractivity contribution in [2.75, 3.05) is 5.73 Å². The second kappa shape index (κ2) is 4.59. The molecule has 0 amide bonds. The minimum atomic E-state index is -0.546. The van der Waals surface area contributed by atoms with E-state index in [1.165, 1.54) is 12.1 Å². The van der Waals surface area contributed by atoms with Crippen LogP contribution in [0.3, 0.4) is 0 Å². The molecule has 0 bridgehead atoms. The molecule has 0 aliphatic heterocycles. The molecule has 0 fully saturated rings. The summed E-state index contributed by atoms with van der Waals surface area (Å²) in [6.07, 6.45) is 1.62. The number of halogens is 2. The van der Waals surface area contributed by atoms with Crippen molar-refractivity contribution < 1.29 is 9.13 Å². The van der Waals surface area contributed by atoms with Crippen molar-refractivity contribution in [1.29, 1.82) is 0 Å². The van der Waals surface area contributed by atoms with Gasteiger partial charge in [0, 0.05) is 12.3 Å². The SMILES string of the molecule is Cc1cnc(Oc2ccc(Cl)c(F)c2)c(N)c1. The maximum absolute atomic E-state index is 13.2. The lowest BCUT2D eigenvalue weighted by Crippen LogP contribution is -1.96. The Bertz CT molecular complexity index is 560. The normalized spacial score (nSPS) is 10.3. The van der Waals surface area contributed by atoms with Crippen molar-refractivity contribution >= 4 is 17.3 Å². The van der Waals surface area contributed by atoms with Gasteiger partial charge in [-0.05, 0) is 30.7 Å². The summed E-state index contributed by atoms with van der Waals surface area (Å²) in [5, 5.41) is 0.0437. The number of hydrogen-bond acceptors (Lipinski definition) is 3. The second-order valence-electron chi connectivity index (χ2n) is 3.59. The molecular formula is C12H10ClFN2O. The molecule has 0 saturated carbocycles. The van der Waals surface area contributed by atoms with Gasteiger partial charge in [0.05, 0.1) is 10.7 Å². The monoisotopic (exact) mass is 252 g/mol. The van der Waals surface area contributed by atoms with Gasteiger partial charge in [-0.3, -0.25) is 0 Å². The van der Waals surface area contributed by atoms with E-state index in [0.717, 1.165) is 5.56 Å². The third-order valence-corrected chi connectivity index (χ3v) is 2.43. The van der Waals surface area contributed by atoms with E-state index in [1.54, 1.807) is 18.3 Å². The van der Waals surface area contributed by atoms with Crippen LogP contribution in [0, 0.1) is 12.7 Å². The van der Waals surface area contributed by atoms with E-state index >= 15 is 0 Å². The molecule has 2 N–H and O–H groups in total. The fourth-order valence-corrected chi connectivity index (χ4v) is 1.43. The number of aryl methyl sites for hydroxylation is 1. The van der Waals surface area contributed by atoms with E-state index in [9.17, 15) is 4.39 Å². The molecule has 0 aliphatic rings. The quantitative estimate of drug-likeness (QED) is 0.889. The third kappa shape index (κ3) is 2.65. The maximum Gasteiger partial charge on any atom is 0.242 e. The van der Waals surface area contributed by atoms with Gasteiger partial charge in [-0.25, -0.2) is 9.37 Å². The lowest BCUT2D eigenvalue weighted by Gasteiger charge is -2.08. The average Bonchev–Trinajstić information content (AvgIpc) is 2.27. The van der Waals surface area contributed by atoms with E-state index in [1.807, 2.05) is 6.92 Å². The third-order valence-electron chi connectivity index (χ3n) is 2.12. The number of ether oxygens (including phenoxy) is 1. The maximum atomic E-state index is 13.2. The highest BCUT2D eigenvalue weighted by molar-refractivity contribution is 6.30. The highest BCUT2D eigenvalue weighted by Crippen LogP contribution is 2.27.